The highest BCUT2D eigenvalue weighted by atomic mass is 32.7. The van der Waals surface area contributed by atoms with Gasteiger partial charge in [-0.3, -0.25) is 4.57 Å². The molecule has 72 valence electrons. The Hall–Kier alpha value is 0.460. The Bertz CT molecular complexity index is 172. The Kier molecular flexibility index (Phi) is 4.06. The molecule has 1 heterocycles. The third kappa shape index (κ3) is 2.75. The summed E-state index contributed by atoms with van der Waals surface area (Å²) in [5.74, 6) is 0. The monoisotopic (exact) mass is 211 g/mol. The van der Waals surface area contributed by atoms with Crippen molar-refractivity contribution >= 4 is 19.5 Å². The summed E-state index contributed by atoms with van der Waals surface area (Å²) in [6.07, 6.45) is 1.39. The molecule has 1 rings (SSSR count). The summed E-state index contributed by atoms with van der Waals surface area (Å²) in [7, 11) is -2.25. The van der Waals surface area contributed by atoms with Crippen LogP contribution in [0.1, 0.15) is 12.8 Å². The van der Waals surface area contributed by atoms with Gasteiger partial charge in [-0.2, -0.15) is 0 Å². The summed E-state index contributed by atoms with van der Waals surface area (Å²) < 4.78 is 15.9. The van der Waals surface area contributed by atoms with E-state index < -0.39 is 12.8 Å². The third-order valence-electron chi connectivity index (χ3n) is 2.11. The summed E-state index contributed by atoms with van der Waals surface area (Å²) in [5.41, 5.74) is -0.608. The predicted molar refractivity (Wildman–Crippen MR) is 51.0 cm³/mol. The summed E-state index contributed by atoms with van der Waals surface area (Å²) >= 11 is 3.71. The first-order valence-electron chi connectivity index (χ1n) is 3.92. The SMILES string of the molecule is O=[PH](S)OC1(CO)CCNCC1. The van der Waals surface area contributed by atoms with E-state index in [0.29, 0.717) is 12.8 Å². The Morgan fingerprint density at radius 2 is 2.17 bits per heavy atom. The van der Waals surface area contributed by atoms with Crippen LogP contribution in [-0.4, -0.2) is 30.4 Å². The third-order valence-corrected chi connectivity index (χ3v) is 2.99. The lowest BCUT2D eigenvalue weighted by atomic mass is 9.94. The van der Waals surface area contributed by atoms with Crippen molar-refractivity contribution in [2.75, 3.05) is 19.7 Å². The van der Waals surface area contributed by atoms with E-state index in [2.05, 4.69) is 17.6 Å². The molecule has 1 unspecified atom stereocenters. The van der Waals surface area contributed by atoms with Crippen LogP contribution >= 0.6 is 19.5 Å². The molecule has 1 atom stereocenters. The minimum absolute atomic E-state index is 0.0777. The van der Waals surface area contributed by atoms with Crippen LogP contribution in [-0.2, 0) is 9.09 Å². The molecule has 2 N–H and O–H groups in total. The highest BCUT2D eigenvalue weighted by Crippen LogP contribution is 2.37. The molecular weight excluding hydrogens is 197 g/mol. The quantitative estimate of drug-likeness (QED) is 0.468. The zero-order chi connectivity index (χ0) is 9.03. The molecule has 4 nitrogen and oxygen atoms in total. The van der Waals surface area contributed by atoms with Crippen LogP contribution in [0.2, 0.25) is 0 Å². The van der Waals surface area contributed by atoms with Gasteiger partial charge in [0.05, 0.1) is 6.61 Å². The standard InChI is InChI=1S/C6H14NO3PS/c8-5-6(10-11(9)12)1-3-7-4-2-6/h7-8,11H,1-5H2,(H,9,12). The Balaban J connectivity index is 2.53. The number of hydrogen-bond acceptors (Lipinski definition) is 4. The number of aliphatic hydroxyl groups is 1. The van der Waals surface area contributed by atoms with Gasteiger partial charge >= 0.3 is 0 Å². The Morgan fingerprint density at radius 1 is 1.58 bits per heavy atom. The van der Waals surface area contributed by atoms with E-state index in [1.807, 2.05) is 0 Å². The van der Waals surface area contributed by atoms with Gasteiger partial charge in [-0.15, -0.1) is 0 Å². The normalized spacial score (nSPS) is 25.2. The van der Waals surface area contributed by atoms with Crippen LogP contribution in [0.5, 0.6) is 0 Å². The maximum atomic E-state index is 10.8. The molecule has 0 radical (unpaired) electrons. The number of thiol groups is 1. The first-order valence-corrected chi connectivity index (χ1v) is 6.53. The van der Waals surface area contributed by atoms with Crippen molar-refractivity contribution in [2.24, 2.45) is 0 Å². The molecule has 0 spiro atoms. The second-order valence-electron chi connectivity index (χ2n) is 2.96. The number of rotatable bonds is 3. The molecule has 0 aliphatic carbocycles. The minimum Gasteiger partial charge on any atom is -0.393 e. The molecular formula is C6H14NO3PS. The molecule has 1 saturated heterocycles. The lowest BCUT2D eigenvalue weighted by Gasteiger charge is -2.34. The highest BCUT2D eigenvalue weighted by Gasteiger charge is 2.33. The summed E-state index contributed by atoms with van der Waals surface area (Å²) in [4.78, 5) is 0. The molecule has 0 aromatic carbocycles. The smallest absolute Gasteiger partial charge is 0.243 e. The molecule has 12 heavy (non-hydrogen) atoms. The van der Waals surface area contributed by atoms with Crippen molar-refractivity contribution in [3.05, 3.63) is 0 Å². The second-order valence-corrected chi connectivity index (χ2v) is 4.79. The zero-order valence-electron chi connectivity index (χ0n) is 6.75. The largest absolute Gasteiger partial charge is 0.393 e. The second kappa shape index (κ2) is 4.63. The maximum Gasteiger partial charge on any atom is 0.243 e. The van der Waals surface area contributed by atoms with Crippen LogP contribution in [0.25, 0.3) is 0 Å². The molecule has 6 heteroatoms. The molecule has 1 aliphatic rings. The van der Waals surface area contributed by atoms with Crippen molar-refractivity contribution in [1.29, 1.82) is 0 Å². The van der Waals surface area contributed by atoms with Crippen molar-refractivity contribution in [2.45, 2.75) is 18.4 Å². The topological polar surface area (TPSA) is 58.6 Å². The van der Waals surface area contributed by atoms with Crippen LogP contribution < -0.4 is 5.32 Å². The van der Waals surface area contributed by atoms with E-state index in [9.17, 15) is 4.57 Å². The minimum atomic E-state index is -2.25. The van der Waals surface area contributed by atoms with Crippen molar-refractivity contribution in [3.8, 4) is 0 Å². The lowest BCUT2D eigenvalue weighted by molar-refractivity contribution is -0.00579. The number of nitrogens with one attached hydrogen (secondary N) is 1. The van der Waals surface area contributed by atoms with E-state index in [0.717, 1.165) is 13.1 Å². The molecule has 0 amide bonds. The van der Waals surface area contributed by atoms with Crippen LogP contribution in [0.15, 0.2) is 0 Å². The zero-order valence-corrected chi connectivity index (χ0v) is 8.64. The molecule has 0 bridgehead atoms. The van der Waals surface area contributed by atoms with Gasteiger partial charge in [-0.05, 0) is 25.9 Å². The lowest BCUT2D eigenvalue weighted by Crippen LogP contribution is -2.45. The molecule has 1 aliphatic heterocycles. The number of piperidine rings is 1. The van der Waals surface area contributed by atoms with Gasteiger partial charge in [0.2, 0.25) is 7.23 Å². The van der Waals surface area contributed by atoms with E-state index in [-0.39, 0.29) is 6.61 Å². The maximum absolute atomic E-state index is 10.8. The van der Waals surface area contributed by atoms with E-state index in [1.165, 1.54) is 0 Å². The molecule has 0 aromatic rings. The van der Waals surface area contributed by atoms with Crippen molar-refractivity contribution < 1.29 is 14.2 Å². The number of aliphatic hydroxyl groups excluding tert-OH is 1. The average molecular weight is 211 g/mol. The van der Waals surface area contributed by atoms with Gasteiger partial charge in [-0.25, -0.2) is 0 Å². The Labute approximate surface area is 77.7 Å². The van der Waals surface area contributed by atoms with Crippen LogP contribution in [0.4, 0.5) is 0 Å². The van der Waals surface area contributed by atoms with Crippen LogP contribution in [0, 0.1) is 0 Å². The highest BCUT2D eigenvalue weighted by molar-refractivity contribution is 8.39. The summed E-state index contributed by atoms with van der Waals surface area (Å²) in [5, 5.41) is 12.2. The van der Waals surface area contributed by atoms with Gasteiger partial charge in [0.25, 0.3) is 0 Å². The fourth-order valence-electron chi connectivity index (χ4n) is 1.36. The van der Waals surface area contributed by atoms with Gasteiger partial charge in [0, 0.05) is 0 Å². The molecule has 0 saturated carbocycles. The first-order chi connectivity index (χ1) is 5.68. The summed E-state index contributed by atoms with van der Waals surface area (Å²) in [6.45, 7) is 1.51. The van der Waals surface area contributed by atoms with Gasteiger partial charge in [0.1, 0.15) is 5.60 Å². The predicted octanol–water partition coefficient (Wildman–Crippen LogP) is 0.437. The van der Waals surface area contributed by atoms with Crippen molar-refractivity contribution in [1.82, 2.24) is 5.32 Å². The summed E-state index contributed by atoms with van der Waals surface area (Å²) in [6, 6.07) is 0. The molecule has 0 aromatic heterocycles. The fraction of sp³-hybridized carbons (Fsp3) is 1.00. The Morgan fingerprint density at radius 3 is 2.58 bits per heavy atom. The van der Waals surface area contributed by atoms with E-state index in [1.54, 1.807) is 0 Å². The van der Waals surface area contributed by atoms with Crippen LogP contribution in [0.3, 0.4) is 0 Å². The van der Waals surface area contributed by atoms with Gasteiger partial charge in [-0.1, -0.05) is 12.2 Å². The van der Waals surface area contributed by atoms with Gasteiger partial charge in [0.15, 0.2) is 0 Å². The van der Waals surface area contributed by atoms with Crippen molar-refractivity contribution in [3.63, 3.8) is 0 Å². The molecule has 1 fully saturated rings. The first kappa shape index (κ1) is 10.5. The van der Waals surface area contributed by atoms with Gasteiger partial charge < -0.3 is 14.9 Å². The fourth-order valence-corrected chi connectivity index (χ4v) is 2.58. The van der Waals surface area contributed by atoms with E-state index >= 15 is 0 Å². The average Bonchev–Trinajstić information content (AvgIpc) is 2.05. The number of hydrogen-bond donors (Lipinski definition) is 3. The van der Waals surface area contributed by atoms with E-state index in [4.69, 9.17) is 9.63 Å².